The van der Waals surface area contributed by atoms with Crippen LogP contribution in [0, 0.1) is 6.92 Å². The molecule has 158 valence electrons. The van der Waals surface area contributed by atoms with Crippen LogP contribution in [0.3, 0.4) is 0 Å². The van der Waals surface area contributed by atoms with E-state index in [1.165, 1.54) is 11.0 Å². The Balaban J connectivity index is 1.45. The lowest BCUT2D eigenvalue weighted by Gasteiger charge is -2.23. The smallest absolute Gasteiger partial charge is 0.286 e. The second kappa shape index (κ2) is 10.0. The molecule has 3 rings (SSSR count). The Morgan fingerprint density at radius 3 is 2.52 bits per heavy atom. The van der Waals surface area contributed by atoms with Crippen LogP contribution in [0.25, 0.3) is 0 Å². The number of nitrogens with one attached hydrogen (secondary N) is 2. The summed E-state index contributed by atoms with van der Waals surface area (Å²) in [5.74, 6) is -0.179. The van der Waals surface area contributed by atoms with E-state index >= 15 is 0 Å². The summed E-state index contributed by atoms with van der Waals surface area (Å²) in [7, 11) is -3.38. The highest BCUT2D eigenvalue weighted by atomic mass is 32.2. The number of quaternary nitrogens is 1. The Hall–Kier alpha value is -2.16. The van der Waals surface area contributed by atoms with E-state index in [0.29, 0.717) is 6.54 Å². The zero-order valence-electron chi connectivity index (χ0n) is 16.8. The van der Waals surface area contributed by atoms with Crippen LogP contribution in [-0.2, 0) is 26.1 Å². The molecule has 1 amide bonds. The van der Waals surface area contributed by atoms with Crippen molar-refractivity contribution in [2.45, 2.75) is 24.9 Å². The average molecular weight is 422 g/mol. The predicted molar refractivity (Wildman–Crippen MR) is 110 cm³/mol. The number of morpholine rings is 1. The maximum atomic E-state index is 12.4. The van der Waals surface area contributed by atoms with E-state index in [0.717, 1.165) is 50.4 Å². The molecule has 29 heavy (non-hydrogen) atoms. The predicted octanol–water partition coefficient (Wildman–Crippen LogP) is 0.738. The Morgan fingerprint density at radius 2 is 1.79 bits per heavy atom. The van der Waals surface area contributed by atoms with E-state index in [4.69, 9.17) is 9.15 Å². The number of carbonyl (C=O) groups excluding carboxylic acids is 1. The van der Waals surface area contributed by atoms with E-state index in [1.807, 2.05) is 31.2 Å². The third kappa shape index (κ3) is 6.99. The minimum atomic E-state index is -3.38. The third-order valence-corrected chi connectivity index (χ3v) is 6.44. The van der Waals surface area contributed by atoms with Gasteiger partial charge in [-0.05, 0) is 24.6 Å². The fourth-order valence-corrected chi connectivity index (χ4v) is 4.71. The molecule has 0 atom stereocenters. The summed E-state index contributed by atoms with van der Waals surface area (Å²) in [4.78, 5) is 13.7. The summed E-state index contributed by atoms with van der Waals surface area (Å²) in [6.45, 7) is 7.11. The second-order valence-electron chi connectivity index (χ2n) is 7.51. The number of aryl methyl sites for hydroxylation is 1. The van der Waals surface area contributed by atoms with Gasteiger partial charge in [-0.1, -0.05) is 29.8 Å². The number of hydrogen-bond donors (Lipinski definition) is 2. The fraction of sp³-hybridized carbons (Fsp3) is 0.476. The number of rotatable bonds is 9. The largest absolute Gasteiger partial charge is 0.455 e. The molecular weight excluding hydrogens is 392 g/mol. The summed E-state index contributed by atoms with van der Waals surface area (Å²) in [6, 6.07) is 10.5. The second-order valence-corrected chi connectivity index (χ2v) is 9.57. The molecule has 1 saturated heterocycles. The molecule has 2 heterocycles. The minimum Gasteiger partial charge on any atom is -0.455 e. The molecule has 1 aromatic heterocycles. The Kier molecular flexibility index (Phi) is 7.46. The van der Waals surface area contributed by atoms with Crippen molar-refractivity contribution in [3.05, 3.63) is 59.0 Å². The Labute approximate surface area is 172 Å². The topological polar surface area (TPSA) is 90.1 Å². The van der Waals surface area contributed by atoms with Gasteiger partial charge >= 0.3 is 0 Å². The number of furan rings is 1. The quantitative estimate of drug-likeness (QED) is 0.583. The molecule has 1 aromatic carbocycles. The van der Waals surface area contributed by atoms with Crippen LogP contribution in [0.15, 0.2) is 40.8 Å². The molecule has 1 aliphatic rings. The van der Waals surface area contributed by atoms with E-state index in [-0.39, 0.29) is 28.9 Å². The summed E-state index contributed by atoms with van der Waals surface area (Å²) < 4.78 is 35.6. The van der Waals surface area contributed by atoms with Gasteiger partial charge in [-0.2, -0.15) is 0 Å². The molecule has 0 unspecified atom stereocenters. The highest BCUT2D eigenvalue weighted by Crippen LogP contribution is 2.16. The highest BCUT2D eigenvalue weighted by Gasteiger charge is 2.18. The Morgan fingerprint density at radius 1 is 1.07 bits per heavy atom. The monoisotopic (exact) mass is 421 g/mol. The molecule has 7 nitrogen and oxygen atoms in total. The van der Waals surface area contributed by atoms with Crippen molar-refractivity contribution in [3.8, 4) is 0 Å². The lowest BCUT2D eigenvalue weighted by Crippen LogP contribution is -3.14. The van der Waals surface area contributed by atoms with Crippen LogP contribution in [-0.4, -0.2) is 53.7 Å². The maximum Gasteiger partial charge on any atom is 0.286 e. The molecule has 1 fully saturated rings. The van der Waals surface area contributed by atoms with E-state index in [2.05, 4.69) is 5.32 Å². The molecule has 0 spiro atoms. The molecule has 0 aliphatic carbocycles. The van der Waals surface area contributed by atoms with Gasteiger partial charge in [-0.15, -0.1) is 0 Å². The van der Waals surface area contributed by atoms with Crippen molar-refractivity contribution in [1.82, 2.24) is 5.32 Å². The first-order valence-electron chi connectivity index (χ1n) is 9.95. The van der Waals surface area contributed by atoms with Crippen LogP contribution >= 0.6 is 0 Å². The van der Waals surface area contributed by atoms with Crippen LogP contribution in [0.4, 0.5) is 0 Å². The molecule has 0 bridgehead atoms. The SMILES string of the molecule is Cc1ccc(CS(=O)(=O)Cc2ccc(C(=O)NCCC[NH+]3CCOCC3)o2)cc1. The van der Waals surface area contributed by atoms with Crippen molar-refractivity contribution in [1.29, 1.82) is 0 Å². The van der Waals surface area contributed by atoms with Crippen LogP contribution in [0.1, 0.15) is 33.9 Å². The number of ether oxygens (including phenoxy) is 1. The summed E-state index contributed by atoms with van der Waals surface area (Å²) >= 11 is 0. The highest BCUT2D eigenvalue weighted by molar-refractivity contribution is 7.89. The fourth-order valence-electron chi connectivity index (χ4n) is 3.32. The van der Waals surface area contributed by atoms with E-state index in [1.54, 1.807) is 6.07 Å². The third-order valence-electron chi connectivity index (χ3n) is 4.95. The first-order chi connectivity index (χ1) is 13.9. The first kappa shape index (κ1) is 21.5. The molecular formula is C21H29N2O5S+. The molecule has 0 saturated carbocycles. The molecule has 2 N–H and O–H groups in total. The van der Waals surface area contributed by atoms with Gasteiger partial charge in [-0.25, -0.2) is 8.42 Å². The van der Waals surface area contributed by atoms with Gasteiger partial charge in [0, 0.05) is 13.0 Å². The lowest BCUT2D eigenvalue weighted by atomic mass is 10.2. The molecule has 0 radical (unpaired) electrons. The number of carbonyl (C=O) groups is 1. The van der Waals surface area contributed by atoms with Gasteiger partial charge in [0.2, 0.25) is 0 Å². The van der Waals surface area contributed by atoms with Crippen molar-refractivity contribution in [2.75, 3.05) is 39.4 Å². The summed E-state index contributed by atoms with van der Waals surface area (Å²) in [5, 5.41) is 2.83. The van der Waals surface area contributed by atoms with Crippen LogP contribution in [0.2, 0.25) is 0 Å². The van der Waals surface area contributed by atoms with E-state index in [9.17, 15) is 13.2 Å². The van der Waals surface area contributed by atoms with Crippen molar-refractivity contribution < 1.29 is 27.3 Å². The van der Waals surface area contributed by atoms with Gasteiger partial charge < -0.3 is 19.4 Å². The molecule has 1 aliphatic heterocycles. The Bertz CT molecular complexity index is 899. The van der Waals surface area contributed by atoms with Crippen molar-refractivity contribution in [2.24, 2.45) is 0 Å². The zero-order chi connectivity index (χ0) is 20.7. The summed E-state index contributed by atoms with van der Waals surface area (Å²) in [5.41, 5.74) is 1.82. The van der Waals surface area contributed by atoms with Crippen LogP contribution in [0.5, 0.6) is 0 Å². The lowest BCUT2D eigenvalue weighted by molar-refractivity contribution is -0.908. The number of amides is 1. The minimum absolute atomic E-state index is 0.0562. The molecule has 2 aromatic rings. The van der Waals surface area contributed by atoms with Gasteiger partial charge in [0.1, 0.15) is 24.6 Å². The van der Waals surface area contributed by atoms with Crippen molar-refractivity contribution in [3.63, 3.8) is 0 Å². The van der Waals surface area contributed by atoms with Gasteiger partial charge in [0.25, 0.3) is 5.91 Å². The summed E-state index contributed by atoms with van der Waals surface area (Å²) in [6.07, 6.45) is 0.875. The number of benzene rings is 1. The maximum absolute atomic E-state index is 12.4. The average Bonchev–Trinajstić information content (AvgIpc) is 3.15. The molecule has 8 heteroatoms. The van der Waals surface area contributed by atoms with Crippen LogP contribution < -0.4 is 10.2 Å². The number of sulfone groups is 1. The zero-order valence-corrected chi connectivity index (χ0v) is 17.6. The number of hydrogen-bond acceptors (Lipinski definition) is 5. The first-order valence-corrected chi connectivity index (χ1v) is 11.8. The normalized spacial score (nSPS) is 15.3. The van der Waals surface area contributed by atoms with E-state index < -0.39 is 9.84 Å². The van der Waals surface area contributed by atoms with Gasteiger partial charge in [0.05, 0.1) is 25.5 Å². The van der Waals surface area contributed by atoms with Gasteiger partial charge in [0.15, 0.2) is 15.6 Å². The van der Waals surface area contributed by atoms with Crippen molar-refractivity contribution >= 4 is 15.7 Å². The van der Waals surface area contributed by atoms with Gasteiger partial charge in [-0.3, -0.25) is 4.79 Å². The standard InChI is InChI=1S/C21H28N2O5S/c1-17-3-5-18(6-4-17)15-29(25,26)16-19-7-8-20(28-19)21(24)22-9-2-10-23-11-13-27-14-12-23/h3-8H,2,9-16H2,1H3,(H,22,24)/p+1.